The standard InChI is InChI=1S/C13H24N2O2/c1-15(11-6-2-3-7-12(11)16)13(17)10-5-4-8-14-9-10/h10-12,14,16H,2-9H2,1H3/t10-,11?,12?/m0/s1. The maximum atomic E-state index is 12.3. The van der Waals surface area contributed by atoms with Gasteiger partial charge in [0, 0.05) is 13.6 Å². The van der Waals surface area contributed by atoms with E-state index >= 15 is 0 Å². The Balaban J connectivity index is 1.92. The average molecular weight is 240 g/mol. The fraction of sp³-hybridized carbons (Fsp3) is 0.923. The molecule has 98 valence electrons. The van der Waals surface area contributed by atoms with E-state index in [0.29, 0.717) is 0 Å². The number of nitrogens with one attached hydrogen (secondary N) is 1. The molecule has 2 fully saturated rings. The molecule has 0 spiro atoms. The minimum atomic E-state index is -0.325. The molecule has 2 rings (SSSR count). The van der Waals surface area contributed by atoms with Crippen LogP contribution in [0.3, 0.4) is 0 Å². The molecule has 0 aromatic carbocycles. The molecule has 1 amide bonds. The van der Waals surface area contributed by atoms with Crippen molar-refractivity contribution in [3.05, 3.63) is 0 Å². The van der Waals surface area contributed by atoms with Gasteiger partial charge in [0.05, 0.1) is 18.1 Å². The van der Waals surface area contributed by atoms with Crippen molar-refractivity contribution in [1.82, 2.24) is 10.2 Å². The first-order valence-electron chi connectivity index (χ1n) is 6.85. The lowest BCUT2D eigenvalue weighted by atomic mass is 9.90. The van der Waals surface area contributed by atoms with Gasteiger partial charge in [0.15, 0.2) is 0 Å². The first kappa shape index (κ1) is 12.8. The highest BCUT2D eigenvalue weighted by molar-refractivity contribution is 5.79. The highest BCUT2D eigenvalue weighted by Crippen LogP contribution is 2.24. The monoisotopic (exact) mass is 240 g/mol. The third kappa shape index (κ3) is 2.99. The minimum absolute atomic E-state index is 0.0400. The van der Waals surface area contributed by atoms with Crippen molar-refractivity contribution in [1.29, 1.82) is 0 Å². The quantitative estimate of drug-likeness (QED) is 0.749. The molecule has 1 saturated heterocycles. The molecule has 1 aliphatic carbocycles. The molecular formula is C13H24N2O2. The van der Waals surface area contributed by atoms with Gasteiger partial charge in [-0.3, -0.25) is 4.79 Å². The van der Waals surface area contributed by atoms with E-state index in [9.17, 15) is 9.90 Å². The zero-order valence-electron chi connectivity index (χ0n) is 10.7. The summed E-state index contributed by atoms with van der Waals surface area (Å²) >= 11 is 0. The summed E-state index contributed by atoms with van der Waals surface area (Å²) in [4.78, 5) is 14.1. The fourth-order valence-corrected chi connectivity index (χ4v) is 3.06. The number of rotatable bonds is 2. The van der Waals surface area contributed by atoms with E-state index < -0.39 is 0 Å². The van der Waals surface area contributed by atoms with E-state index in [1.165, 1.54) is 0 Å². The van der Waals surface area contributed by atoms with Crippen molar-refractivity contribution in [2.24, 2.45) is 5.92 Å². The number of carbonyl (C=O) groups is 1. The highest BCUT2D eigenvalue weighted by atomic mass is 16.3. The topological polar surface area (TPSA) is 52.6 Å². The molecule has 2 aliphatic rings. The number of nitrogens with zero attached hydrogens (tertiary/aromatic N) is 1. The molecule has 0 aromatic rings. The Morgan fingerprint density at radius 1 is 1.24 bits per heavy atom. The first-order chi connectivity index (χ1) is 8.20. The molecule has 0 radical (unpaired) electrons. The van der Waals surface area contributed by atoms with E-state index in [1.807, 2.05) is 11.9 Å². The molecule has 1 saturated carbocycles. The predicted octanol–water partition coefficient (Wildman–Crippen LogP) is 0.748. The summed E-state index contributed by atoms with van der Waals surface area (Å²) in [6.45, 7) is 1.82. The van der Waals surface area contributed by atoms with Crippen LogP contribution >= 0.6 is 0 Å². The van der Waals surface area contributed by atoms with Gasteiger partial charge < -0.3 is 15.3 Å². The van der Waals surface area contributed by atoms with Crippen LogP contribution in [-0.2, 0) is 4.79 Å². The van der Waals surface area contributed by atoms with Gasteiger partial charge in [0.25, 0.3) is 0 Å². The van der Waals surface area contributed by atoms with Gasteiger partial charge in [0.1, 0.15) is 0 Å². The fourth-order valence-electron chi connectivity index (χ4n) is 3.06. The van der Waals surface area contributed by atoms with E-state index in [-0.39, 0.29) is 24.0 Å². The second kappa shape index (κ2) is 5.83. The SMILES string of the molecule is CN(C(=O)[C@H]1CCCNC1)C1CCCCC1O. The summed E-state index contributed by atoms with van der Waals surface area (Å²) in [5.41, 5.74) is 0. The normalized spacial score (nSPS) is 34.4. The molecule has 0 bridgehead atoms. The van der Waals surface area contributed by atoms with Crippen LogP contribution in [0.1, 0.15) is 38.5 Å². The van der Waals surface area contributed by atoms with Gasteiger partial charge in [-0.25, -0.2) is 0 Å². The second-order valence-electron chi connectivity index (χ2n) is 5.41. The van der Waals surface area contributed by atoms with Gasteiger partial charge in [-0.2, -0.15) is 0 Å². The summed E-state index contributed by atoms with van der Waals surface area (Å²) in [7, 11) is 1.86. The van der Waals surface area contributed by atoms with Crippen molar-refractivity contribution in [3.8, 4) is 0 Å². The minimum Gasteiger partial charge on any atom is -0.391 e. The molecule has 3 atom stereocenters. The lowest BCUT2D eigenvalue weighted by molar-refractivity contribution is -0.140. The van der Waals surface area contributed by atoms with Crippen LogP contribution in [0.15, 0.2) is 0 Å². The maximum Gasteiger partial charge on any atom is 0.227 e. The average Bonchev–Trinajstić information content (AvgIpc) is 2.39. The molecule has 17 heavy (non-hydrogen) atoms. The van der Waals surface area contributed by atoms with Crippen molar-refractivity contribution in [2.75, 3.05) is 20.1 Å². The first-order valence-corrected chi connectivity index (χ1v) is 6.85. The van der Waals surface area contributed by atoms with Gasteiger partial charge >= 0.3 is 0 Å². The predicted molar refractivity (Wildman–Crippen MR) is 66.6 cm³/mol. The molecule has 0 aromatic heterocycles. The number of hydrogen-bond donors (Lipinski definition) is 2. The number of carbonyl (C=O) groups excluding carboxylic acids is 1. The van der Waals surface area contributed by atoms with Crippen molar-refractivity contribution >= 4 is 5.91 Å². The smallest absolute Gasteiger partial charge is 0.227 e. The molecule has 2 unspecified atom stereocenters. The Bertz CT molecular complexity index is 264. The third-order valence-electron chi connectivity index (χ3n) is 4.19. The van der Waals surface area contributed by atoms with Crippen LogP contribution in [0, 0.1) is 5.92 Å². The van der Waals surface area contributed by atoms with Crippen molar-refractivity contribution in [2.45, 2.75) is 50.7 Å². The maximum absolute atomic E-state index is 12.3. The van der Waals surface area contributed by atoms with Gasteiger partial charge in [-0.05, 0) is 32.2 Å². The lowest BCUT2D eigenvalue weighted by Crippen LogP contribution is -2.50. The highest BCUT2D eigenvalue weighted by Gasteiger charge is 2.32. The Hall–Kier alpha value is -0.610. The molecule has 4 heteroatoms. The van der Waals surface area contributed by atoms with Crippen molar-refractivity contribution < 1.29 is 9.90 Å². The lowest BCUT2D eigenvalue weighted by Gasteiger charge is -2.37. The van der Waals surface area contributed by atoms with E-state index in [0.717, 1.165) is 51.6 Å². The molecule has 1 aliphatic heterocycles. The van der Waals surface area contributed by atoms with Crippen molar-refractivity contribution in [3.63, 3.8) is 0 Å². The summed E-state index contributed by atoms with van der Waals surface area (Å²) in [6.07, 6.45) is 5.74. The van der Waals surface area contributed by atoms with Crippen LogP contribution in [-0.4, -0.2) is 48.2 Å². The van der Waals surface area contributed by atoms with Crippen LogP contribution in [0.25, 0.3) is 0 Å². The molecule has 1 heterocycles. The Labute approximate surface area is 103 Å². The number of piperidine rings is 1. The van der Waals surface area contributed by atoms with Gasteiger partial charge in [0.2, 0.25) is 5.91 Å². The molecular weight excluding hydrogens is 216 g/mol. The van der Waals surface area contributed by atoms with E-state index in [1.54, 1.807) is 0 Å². The Morgan fingerprint density at radius 3 is 2.65 bits per heavy atom. The number of hydrogen-bond acceptors (Lipinski definition) is 3. The molecule has 2 N–H and O–H groups in total. The zero-order valence-corrected chi connectivity index (χ0v) is 10.7. The summed E-state index contributed by atoms with van der Waals surface area (Å²) in [5.74, 6) is 0.325. The largest absolute Gasteiger partial charge is 0.391 e. The van der Waals surface area contributed by atoms with Gasteiger partial charge in [-0.1, -0.05) is 12.8 Å². The van der Waals surface area contributed by atoms with E-state index in [2.05, 4.69) is 5.32 Å². The summed E-state index contributed by atoms with van der Waals surface area (Å²) < 4.78 is 0. The van der Waals surface area contributed by atoms with Crippen LogP contribution < -0.4 is 5.32 Å². The Morgan fingerprint density at radius 2 is 2.00 bits per heavy atom. The molecule has 4 nitrogen and oxygen atoms in total. The summed E-state index contributed by atoms with van der Waals surface area (Å²) in [6, 6.07) is 0.0400. The van der Waals surface area contributed by atoms with E-state index in [4.69, 9.17) is 0 Å². The summed E-state index contributed by atoms with van der Waals surface area (Å²) in [5, 5.41) is 13.3. The number of amides is 1. The Kier molecular flexibility index (Phi) is 4.40. The second-order valence-corrected chi connectivity index (χ2v) is 5.41. The van der Waals surface area contributed by atoms with Crippen LogP contribution in [0.5, 0.6) is 0 Å². The third-order valence-corrected chi connectivity index (χ3v) is 4.19. The number of aliphatic hydroxyl groups is 1. The number of aliphatic hydroxyl groups excluding tert-OH is 1. The van der Waals surface area contributed by atoms with Crippen LogP contribution in [0.2, 0.25) is 0 Å². The number of likely N-dealkylation sites (N-methyl/N-ethyl adjacent to an activating group) is 1. The zero-order chi connectivity index (χ0) is 12.3. The van der Waals surface area contributed by atoms with Crippen LogP contribution in [0.4, 0.5) is 0 Å². The van der Waals surface area contributed by atoms with Gasteiger partial charge in [-0.15, -0.1) is 0 Å².